The van der Waals surface area contributed by atoms with Gasteiger partial charge in [-0.2, -0.15) is 9.49 Å². The Hall–Kier alpha value is -2.71. The van der Waals surface area contributed by atoms with Gasteiger partial charge in [-0.1, -0.05) is 0 Å². The van der Waals surface area contributed by atoms with Crippen LogP contribution >= 0.6 is 0 Å². The van der Waals surface area contributed by atoms with Gasteiger partial charge >= 0.3 is 5.69 Å². The lowest BCUT2D eigenvalue weighted by molar-refractivity contribution is -0.386. The Bertz CT molecular complexity index is 617. The van der Waals surface area contributed by atoms with Gasteiger partial charge in [0, 0.05) is 12.1 Å². The summed E-state index contributed by atoms with van der Waals surface area (Å²) in [6.45, 7) is 1.71. The van der Waals surface area contributed by atoms with Crippen LogP contribution in [0.25, 0.3) is 0 Å². The molecule has 1 atom stereocenters. The number of nitro benzene ring substituents is 1. The minimum Gasteiger partial charge on any atom is -0.497 e. The summed E-state index contributed by atoms with van der Waals surface area (Å²) >= 11 is 0. The van der Waals surface area contributed by atoms with Crippen LogP contribution < -0.4 is 10.1 Å². The lowest BCUT2D eigenvalue weighted by Gasteiger charge is -2.14. The van der Waals surface area contributed by atoms with Crippen LogP contribution in [0.5, 0.6) is 5.75 Å². The Morgan fingerprint density at radius 1 is 1.55 bits per heavy atom. The molecule has 0 bridgehead atoms. The van der Waals surface area contributed by atoms with Crippen molar-refractivity contribution >= 4 is 11.4 Å². The molecule has 0 spiro atoms. The van der Waals surface area contributed by atoms with Crippen molar-refractivity contribution in [2.24, 2.45) is 0 Å². The highest BCUT2D eigenvalue weighted by Gasteiger charge is 2.24. The Balaban J connectivity index is 2.38. The van der Waals surface area contributed by atoms with Crippen LogP contribution in [0, 0.1) is 15.9 Å². The molecule has 0 aliphatic heterocycles. The van der Waals surface area contributed by atoms with Crippen molar-refractivity contribution in [1.82, 2.24) is 15.2 Å². The second kappa shape index (κ2) is 5.51. The van der Waals surface area contributed by atoms with Crippen LogP contribution in [0.1, 0.15) is 18.8 Å². The second-order valence-corrected chi connectivity index (χ2v) is 4.00. The first-order chi connectivity index (χ1) is 9.52. The molecule has 0 aliphatic carbocycles. The van der Waals surface area contributed by atoms with Gasteiger partial charge in [-0.3, -0.25) is 15.2 Å². The molecule has 1 heterocycles. The number of hydrogen-bond donors (Lipinski definition) is 2. The molecule has 0 fully saturated rings. The van der Waals surface area contributed by atoms with Gasteiger partial charge in [0.25, 0.3) is 0 Å². The number of halogens is 1. The summed E-state index contributed by atoms with van der Waals surface area (Å²) in [5, 5.41) is 20.1. The predicted octanol–water partition coefficient (Wildman–Crippen LogP) is 2.03. The maximum Gasteiger partial charge on any atom is 0.327 e. The molecule has 0 aliphatic rings. The average molecular weight is 281 g/mol. The van der Waals surface area contributed by atoms with Gasteiger partial charge < -0.3 is 10.1 Å². The van der Waals surface area contributed by atoms with Crippen molar-refractivity contribution in [3.8, 4) is 5.75 Å². The van der Waals surface area contributed by atoms with E-state index in [1.807, 2.05) is 0 Å². The number of anilines is 1. The summed E-state index contributed by atoms with van der Waals surface area (Å²) in [4.78, 5) is 14.1. The molecule has 9 heteroatoms. The third-order valence-corrected chi connectivity index (χ3v) is 2.67. The van der Waals surface area contributed by atoms with Gasteiger partial charge in [-0.05, 0) is 6.92 Å². The zero-order valence-corrected chi connectivity index (χ0v) is 10.8. The Morgan fingerprint density at radius 2 is 2.30 bits per heavy atom. The van der Waals surface area contributed by atoms with E-state index >= 15 is 0 Å². The molecule has 2 aromatic rings. The topological polar surface area (TPSA) is 106 Å². The molecule has 2 N–H and O–H groups in total. The van der Waals surface area contributed by atoms with Crippen molar-refractivity contribution in [3.63, 3.8) is 0 Å². The van der Waals surface area contributed by atoms with E-state index in [1.54, 1.807) is 6.92 Å². The van der Waals surface area contributed by atoms with E-state index in [9.17, 15) is 14.5 Å². The fraction of sp³-hybridized carbons (Fsp3) is 0.273. The summed E-state index contributed by atoms with van der Waals surface area (Å²) in [5.74, 6) is -0.315. The smallest absolute Gasteiger partial charge is 0.327 e. The fourth-order valence-electron chi connectivity index (χ4n) is 1.71. The summed E-state index contributed by atoms with van der Waals surface area (Å²) in [6, 6.07) is 1.90. The molecule has 0 saturated carbocycles. The zero-order valence-electron chi connectivity index (χ0n) is 10.8. The number of methoxy groups -OCH3 is 1. The number of nitro groups is 1. The molecule has 1 aromatic carbocycles. The van der Waals surface area contributed by atoms with E-state index in [4.69, 9.17) is 4.74 Å². The minimum atomic E-state index is -0.971. The number of H-pyrrole nitrogens is 1. The van der Waals surface area contributed by atoms with Crippen LogP contribution in [0.15, 0.2) is 18.5 Å². The Morgan fingerprint density at radius 3 is 2.85 bits per heavy atom. The number of hydrogen-bond acceptors (Lipinski definition) is 6. The predicted molar refractivity (Wildman–Crippen MR) is 68.0 cm³/mol. The largest absolute Gasteiger partial charge is 0.497 e. The first-order valence-corrected chi connectivity index (χ1v) is 5.66. The summed E-state index contributed by atoms with van der Waals surface area (Å²) in [6.07, 6.45) is 1.31. The number of aromatic nitrogens is 3. The summed E-state index contributed by atoms with van der Waals surface area (Å²) in [7, 11) is 1.35. The van der Waals surface area contributed by atoms with Gasteiger partial charge in [-0.15, -0.1) is 0 Å². The van der Waals surface area contributed by atoms with Gasteiger partial charge in [-0.25, -0.2) is 4.98 Å². The number of nitrogens with zero attached hydrogens (tertiary/aromatic N) is 3. The SMILES string of the molecule is COc1cc(F)c([N+](=O)[O-])c(NC(C)c2ncn[nH]2)c1. The molecule has 0 amide bonds. The van der Waals surface area contributed by atoms with Gasteiger partial charge in [0.1, 0.15) is 23.6 Å². The van der Waals surface area contributed by atoms with Crippen LogP contribution in [0.4, 0.5) is 15.8 Å². The van der Waals surface area contributed by atoms with Crippen molar-refractivity contribution in [2.45, 2.75) is 13.0 Å². The fourth-order valence-corrected chi connectivity index (χ4v) is 1.71. The number of nitrogens with one attached hydrogen (secondary N) is 2. The molecule has 2 rings (SSSR count). The molecule has 106 valence electrons. The Kier molecular flexibility index (Phi) is 3.78. The van der Waals surface area contributed by atoms with E-state index < -0.39 is 22.5 Å². The highest BCUT2D eigenvalue weighted by atomic mass is 19.1. The number of ether oxygens (including phenoxy) is 1. The average Bonchev–Trinajstić information content (AvgIpc) is 2.91. The molecule has 8 nitrogen and oxygen atoms in total. The monoisotopic (exact) mass is 281 g/mol. The second-order valence-electron chi connectivity index (χ2n) is 4.00. The van der Waals surface area contributed by atoms with E-state index in [0.717, 1.165) is 6.07 Å². The maximum absolute atomic E-state index is 13.7. The molecule has 1 aromatic heterocycles. The number of rotatable bonds is 5. The van der Waals surface area contributed by atoms with Gasteiger partial charge in [0.15, 0.2) is 0 Å². The maximum atomic E-state index is 13.7. The number of aromatic amines is 1. The van der Waals surface area contributed by atoms with Crippen LogP contribution in [0.2, 0.25) is 0 Å². The third kappa shape index (κ3) is 2.66. The van der Waals surface area contributed by atoms with Gasteiger partial charge in [0.2, 0.25) is 5.82 Å². The van der Waals surface area contributed by atoms with Crippen LogP contribution in [-0.4, -0.2) is 27.2 Å². The molecular weight excluding hydrogens is 269 g/mol. The summed E-state index contributed by atoms with van der Waals surface area (Å²) in [5.41, 5.74) is -0.632. The first kappa shape index (κ1) is 13.7. The van der Waals surface area contributed by atoms with Crippen molar-refractivity contribution in [2.75, 3.05) is 12.4 Å². The van der Waals surface area contributed by atoms with Crippen LogP contribution in [0.3, 0.4) is 0 Å². The van der Waals surface area contributed by atoms with Crippen molar-refractivity contribution in [3.05, 3.63) is 40.2 Å². The molecule has 0 saturated heterocycles. The lowest BCUT2D eigenvalue weighted by Crippen LogP contribution is -2.11. The van der Waals surface area contributed by atoms with Crippen LogP contribution in [-0.2, 0) is 0 Å². The standard InChI is InChI=1S/C11H12FN5O3/c1-6(11-13-5-14-16-11)15-9-4-7(20-2)3-8(12)10(9)17(18)19/h3-6,15H,1-2H3,(H,13,14,16). The third-order valence-electron chi connectivity index (χ3n) is 2.67. The highest BCUT2D eigenvalue weighted by Crippen LogP contribution is 2.34. The normalized spacial score (nSPS) is 11.9. The summed E-state index contributed by atoms with van der Waals surface area (Å²) < 4.78 is 18.6. The van der Waals surface area contributed by atoms with E-state index in [1.165, 1.54) is 19.5 Å². The van der Waals surface area contributed by atoms with E-state index in [0.29, 0.717) is 5.82 Å². The zero-order chi connectivity index (χ0) is 14.7. The molecule has 0 radical (unpaired) electrons. The number of benzene rings is 1. The highest BCUT2D eigenvalue weighted by molar-refractivity contribution is 5.65. The first-order valence-electron chi connectivity index (χ1n) is 5.66. The Labute approximate surface area is 113 Å². The molecular formula is C11H12FN5O3. The molecule has 20 heavy (non-hydrogen) atoms. The quantitative estimate of drug-likeness (QED) is 0.641. The van der Waals surface area contributed by atoms with Gasteiger partial charge in [0.05, 0.1) is 18.1 Å². The minimum absolute atomic E-state index is 0.00995. The lowest BCUT2D eigenvalue weighted by atomic mass is 10.2. The van der Waals surface area contributed by atoms with E-state index in [-0.39, 0.29) is 11.4 Å². The van der Waals surface area contributed by atoms with Crippen molar-refractivity contribution < 1.29 is 14.1 Å². The van der Waals surface area contributed by atoms with E-state index in [2.05, 4.69) is 20.5 Å². The molecule has 1 unspecified atom stereocenters. The van der Waals surface area contributed by atoms with Crippen molar-refractivity contribution in [1.29, 1.82) is 0 Å².